The summed E-state index contributed by atoms with van der Waals surface area (Å²) in [5.74, 6) is -1.45. The summed E-state index contributed by atoms with van der Waals surface area (Å²) in [5, 5.41) is 11.5. The van der Waals surface area contributed by atoms with Gasteiger partial charge in [-0.15, -0.1) is 0 Å². The Bertz CT molecular complexity index is 491. The van der Waals surface area contributed by atoms with E-state index in [-0.39, 0.29) is 18.0 Å². The number of carbonyl (C=O) groups is 2. The van der Waals surface area contributed by atoms with Crippen LogP contribution in [0.25, 0.3) is 0 Å². The van der Waals surface area contributed by atoms with Crippen LogP contribution < -0.4 is 16.2 Å². The fourth-order valence-electron chi connectivity index (χ4n) is 1.29. The number of carboxylic acids is 1. The van der Waals surface area contributed by atoms with Crippen LogP contribution in [0.2, 0.25) is 0 Å². The Morgan fingerprint density at radius 3 is 2.63 bits per heavy atom. The zero-order chi connectivity index (χ0) is 14.3. The maximum atomic E-state index is 11.2. The number of anilines is 1. The smallest absolute Gasteiger partial charge is 0.303 e. The molecule has 1 amide bonds. The monoisotopic (exact) mass is 281 g/mol. The van der Waals surface area contributed by atoms with Crippen LogP contribution in [0.1, 0.15) is 18.4 Å². The second-order valence-corrected chi connectivity index (χ2v) is 4.30. The molecule has 0 saturated carbocycles. The lowest BCUT2D eigenvalue weighted by molar-refractivity contribution is -0.138. The molecule has 0 saturated heterocycles. The van der Waals surface area contributed by atoms with Crippen LogP contribution in [0.4, 0.5) is 5.69 Å². The summed E-state index contributed by atoms with van der Waals surface area (Å²) in [4.78, 5) is 21.5. The molecule has 0 bridgehead atoms. The summed E-state index contributed by atoms with van der Waals surface area (Å²) in [6.07, 6.45) is -0.318. The van der Waals surface area contributed by atoms with Gasteiger partial charge >= 0.3 is 5.97 Å². The maximum Gasteiger partial charge on any atom is 0.303 e. The van der Waals surface area contributed by atoms with Crippen LogP contribution in [0.15, 0.2) is 24.3 Å². The van der Waals surface area contributed by atoms with E-state index >= 15 is 0 Å². The molecule has 6 nitrogen and oxygen atoms in total. The van der Waals surface area contributed by atoms with Crippen molar-refractivity contribution < 1.29 is 14.7 Å². The first-order valence-electron chi connectivity index (χ1n) is 5.61. The molecule has 0 aliphatic heterocycles. The van der Waals surface area contributed by atoms with Gasteiger partial charge < -0.3 is 10.4 Å². The molecule has 7 heteroatoms. The van der Waals surface area contributed by atoms with Gasteiger partial charge in [-0.2, -0.15) is 0 Å². The molecule has 4 N–H and O–H groups in total. The van der Waals surface area contributed by atoms with Gasteiger partial charge in [0.1, 0.15) is 0 Å². The SMILES string of the molecule is Cc1cccc(NC(=S)NNC(=O)CCC(=O)O)c1. The van der Waals surface area contributed by atoms with E-state index in [4.69, 9.17) is 17.3 Å². The van der Waals surface area contributed by atoms with Crippen LogP contribution in [0.5, 0.6) is 0 Å². The number of hydrazine groups is 1. The number of rotatable bonds is 4. The van der Waals surface area contributed by atoms with Crippen molar-refractivity contribution in [2.45, 2.75) is 19.8 Å². The molecule has 0 aromatic heterocycles. The molecule has 0 unspecified atom stereocenters. The van der Waals surface area contributed by atoms with Gasteiger partial charge in [0.25, 0.3) is 0 Å². The van der Waals surface area contributed by atoms with Crippen LogP contribution in [0.3, 0.4) is 0 Å². The molecule has 0 spiro atoms. The number of aryl methyl sites for hydroxylation is 1. The molecule has 0 heterocycles. The summed E-state index contributed by atoms with van der Waals surface area (Å²) in [5.41, 5.74) is 6.70. The molecule has 0 fully saturated rings. The summed E-state index contributed by atoms with van der Waals surface area (Å²) in [7, 11) is 0. The molecule has 0 radical (unpaired) electrons. The number of carboxylic acid groups (broad SMARTS) is 1. The van der Waals surface area contributed by atoms with Crippen molar-refractivity contribution in [1.29, 1.82) is 0 Å². The van der Waals surface area contributed by atoms with Crippen molar-refractivity contribution in [2.75, 3.05) is 5.32 Å². The lowest BCUT2D eigenvalue weighted by atomic mass is 10.2. The number of nitrogens with one attached hydrogen (secondary N) is 3. The summed E-state index contributed by atoms with van der Waals surface area (Å²) >= 11 is 4.98. The van der Waals surface area contributed by atoms with E-state index in [1.165, 1.54) is 0 Å². The lowest BCUT2D eigenvalue weighted by Crippen LogP contribution is -2.43. The van der Waals surface area contributed by atoms with Crippen molar-refractivity contribution in [2.24, 2.45) is 0 Å². The highest BCUT2D eigenvalue weighted by Gasteiger charge is 2.05. The second kappa shape index (κ2) is 7.32. The zero-order valence-corrected chi connectivity index (χ0v) is 11.2. The fourth-order valence-corrected chi connectivity index (χ4v) is 1.46. The third kappa shape index (κ3) is 6.37. The molecule has 0 aliphatic rings. The first-order chi connectivity index (χ1) is 8.97. The number of aliphatic carboxylic acids is 1. The Kier molecular flexibility index (Phi) is 5.74. The van der Waals surface area contributed by atoms with Crippen LogP contribution in [-0.4, -0.2) is 22.1 Å². The molecular formula is C12H15N3O3S. The molecule has 1 rings (SSSR count). The van der Waals surface area contributed by atoms with Gasteiger partial charge in [0.15, 0.2) is 5.11 Å². The number of carbonyl (C=O) groups excluding carboxylic acids is 1. The van der Waals surface area contributed by atoms with Crippen LogP contribution in [0, 0.1) is 6.92 Å². The molecular weight excluding hydrogens is 266 g/mol. The molecule has 1 aromatic carbocycles. The number of hydrogen-bond donors (Lipinski definition) is 4. The lowest BCUT2D eigenvalue weighted by Gasteiger charge is -2.11. The third-order valence-electron chi connectivity index (χ3n) is 2.16. The Morgan fingerprint density at radius 2 is 2.00 bits per heavy atom. The number of benzene rings is 1. The first kappa shape index (κ1) is 14.9. The largest absolute Gasteiger partial charge is 0.481 e. The van der Waals surface area contributed by atoms with E-state index in [1.54, 1.807) is 0 Å². The van der Waals surface area contributed by atoms with Crippen LogP contribution in [-0.2, 0) is 9.59 Å². The quantitative estimate of drug-likeness (QED) is 0.489. The number of thiocarbonyl (C=S) groups is 1. The minimum Gasteiger partial charge on any atom is -0.481 e. The maximum absolute atomic E-state index is 11.2. The van der Waals surface area contributed by atoms with Crippen molar-refractivity contribution in [3.63, 3.8) is 0 Å². The molecule has 1 aromatic rings. The average molecular weight is 281 g/mol. The second-order valence-electron chi connectivity index (χ2n) is 3.89. The fraction of sp³-hybridized carbons (Fsp3) is 0.250. The minimum atomic E-state index is -1.02. The average Bonchev–Trinajstić information content (AvgIpc) is 2.34. The van der Waals surface area contributed by atoms with E-state index in [9.17, 15) is 9.59 Å². The summed E-state index contributed by atoms with van der Waals surface area (Å²) in [6, 6.07) is 7.58. The normalized spacial score (nSPS) is 9.53. The zero-order valence-electron chi connectivity index (χ0n) is 10.4. The van der Waals surface area contributed by atoms with Gasteiger partial charge in [-0.1, -0.05) is 12.1 Å². The Balaban J connectivity index is 2.32. The number of hydrogen-bond acceptors (Lipinski definition) is 3. The topological polar surface area (TPSA) is 90.5 Å². The van der Waals surface area contributed by atoms with Gasteiger partial charge in [0.2, 0.25) is 5.91 Å². The molecule has 19 heavy (non-hydrogen) atoms. The van der Waals surface area contributed by atoms with Gasteiger partial charge in [-0.25, -0.2) is 0 Å². The highest BCUT2D eigenvalue weighted by molar-refractivity contribution is 7.80. The van der Waals surface area contributed by atoms with E-state index in [2.05, 4.69) is 16.2 Å². The predicted molar refractivity (Wildman–Crippen MR) is 75.5 cm³/mol. The van der Waals surface area contributed by atoms with Gasteiger partial charge in [0, 0.05) is 12.1 Å². The van der Waals surface area contributed by atoms with Crippen molar-refractivity contribution in [3.05, 3.63) is 29.8 Å². The van der Waals surface area contributed by atoms with Gasteiger partial charge in [-0.05, 0) is 36.8 Å². The Labute approximate surface area is 116 Å². The summed E-state index contributed by atoms with van der Waals surface area (Å²) < 4.78 is 0. The highest BCUT2D eigenvalue weighted by atomic mass is 32.1. The van der Waals surface area contributed by atoms with Crippen LogP contribution >= 0.6 is 12.2 Å². The standard InChI is InChI=1S/C12H15N3O3S/c1-8-3-2-4-9(7-8)13-12(19)15-14-10(16)5-6-11(17)18/h2-4,7H,5-6H2,1H3,(H,14,16)(H,17,18)(H2,13,15,19). The molecule has 0 aliphatic carbocycles. The third-order valence-corrected chi connectivity index (χ3v) is 2.36. The Morgan fingerprint density at radius 1 is 1.26 bits per heavy atom. The minimum absolute atomic E-state index is 0.102. The van der Waals surface area contributed by atoms with Gasteiger partial charge in [0.05, 0.1) is 6.42 Å². The van der Waals surface area contributed by atoms with E-state index in [0.717, 1.165) is 11.3 Å². The van der Waals surface area contributed by atoms with E-state index < -0.39 is 11.9 Å². The number of amides is 1. The highest BCUT2D eigenvalue weighted by Crippen LogP contribution is 2.08. The van der Waals surface area contributed by atoms with Crippen molar-refractivity contribution in [1.82, 2.24) is 10.9 Å². The van der Waals surface area contributed by atoms with Crippen molar-refractivity contribution >= 4 is 34.9 Å². The molecule has 102 valence electrons. The molecule has 0 atom stereocenters. The Hall–Kier alpha value is -2.15. The summed E-state index contributed by atoms with van der Waals surface area (Å²) in [6.45, 7) is 1.95. The van der Waals surface area contributed by atoms with Gasteiger partial charge in [-0.3, -0.25) is 20.4 Å². The van der Waals surface area contributed by atoms with E-state index in [1.807, 2.05) is 31.2 Å². The van der Waals surface area contributed by atoms with Crippen molar-refractivity contribution in [3.8, 4) is 0 Å². The predicted octanol–water partition coefficient (Wildman–Crippen LogP) is 1.18. The first-order valence-corrected chi connectivity index (χ1v) is 6.02. The van der Waals surface area contributed by atoms with E-state index in [0.29, 0.717) is 0 Å².